The Hall–Kier alpha value is -2.21. The molecule has 6 nitrogen and oxygen atoms in total. The number of carbonyl (C=O) groups excluding carboxylic acids is 1. The minimum Gasteiger partial charge on any atom is -0.368 e. The molecule has 0 radical (unpaired) electrons. The summed E-state index contributed by atoms with van der Waals surface area (Å²) < 4.78 is 7.59. The zero-order chi connectivity index (χ0) is 14.8. The molecular formula is C15H18N4O2. The van der Waals surface area contributed by atoms with Gasteiger partial charge in [-0.25, -0.2) is 9.97 Å². The van der Waals surface area contributed by atoms with Crippen LogP contribution in [0.3, 0.4) is 0 Å². The lowest BCUT2D eigenvalue weighted by molar-refractivity contribution is -0.0251. The zero-order valence-corrected chi connectivity index (χ0v) is 12.2. The Labute approximate surface area is 123 Å². The molecular weight excluding hydrogens is 268 g/mol. The number of aromatic nitrogens is 3. The summed E-state index contributed by atoms with van der Waals surface area (Å²) in [6.07, 6.45) is 3.41. The maximum Gasteiger partial charge on any atom is 0.270 e. The third-order valence-electron chi connectivity index (χ3n) is 3.64. The average molecular weight is 286 g/mol. The number of morpholine rings is 1. The lowest BCUT2D eigenvalue weighted by Crippen LogP contribution is -2.43. The molecule has 1 fully saturated rings. The predicted octanol–water partition coefficient (Wildman–Crippen LogP) is 1.34. The van der Waals surface area contributed by atoms with E-state index in [2.05, 4.69) is 9.97 Å². The van der Waals surface area contributed by atoms with E-state index in [-0.39, 0.29) is 12.0 Å². The normalized spacial score (nSPS) is 18.8. The Kier molecular flexibility index (Phi) is 3.70. The van der Waals surface area contributed by atoms with Crippen molar-refractivity contribution in [2.75, 3.05) is 19.7 Å². The highest BCUT2D eigenvalue weighted by Crippen LogP contribution is 2.21. The van der Waals surface area contributed by atoms with Crippen LogP contribution in [0.5, 0.6) is 0 Å². The number of aryl methyl sites for hydroxylation is 2. The van der Waals surface area contributed by atoms with Crippen LogP contribution < -0.4 is 0 Å². The fourth-order valence-corrected chi connectivity index (χ4v) is 2.51. The first kappa shape index (κ1) is 13.8. The van der Waals surface area contributed by atoms with E-state index in [4.69, 9.17) is 4.74 Å². The topological polar surface area (TPSA) is 60.2 Å². The van der Waals surface area contributed by atoms with Crippen molar-refractivity contribution in [2.45, 2.75) is 13.0 Å². The molecule has 6 heteroatoms. The highest BCUT2D eigenvalue weighted by atomic mass is 16.5. The van der Waals surface area contributed by atoms with Crippen molar-refractivity contribution in [3.05, 3.63) is 47.8 Å². The first-order chi connectivity index (χ1) is 10.1. The molecule has 0 bridgehead atoms. The van der Waals surface area contributed by atoms with E-state index < -0.39 is 0 Å². The van der Waals surface area contributed by atoms with Crippen LogP contribution in [-0.2, 0) is 11.8 Å². The summed E-state index contributed by atoms with van der Waals surface area (Å²) in [4.78, 5) is 22.8. The molecule has 0 saturated carbocycles. The summed E-state index contributed by atoms with van der Waals surface area (Å²) in [6.45, 7) is 3.48. The van der Waals surface area contributed by atoms with E-state index in [1.54, 1.807) is 6.20 Å². The standard InChI is InChI=1S/C15H18N4O2/c1-11-16-6-5-12(17-11)14-10-19(8-9-21-14)15(20)13-4-3-7-18(13)2/h3-7,14H,8-10H2,1-2H3/t14-/m0/s1. The molecule has 2 aromatic heterocycles. The van der Waals surface area contributed by atoms with Crippen LogP contribution in [0.2, 0.25) is 0 Å². The molecule has 0 N–H and O–H groups in total. The number of carbonyl (C=O) groups is 1. The van der Waals surface area contributed by atoms with Gasteiger partial charge in [0.25, 0.3) is 5.91 Å². The fraction of sp³-hybridized carbons (Fsp3) is 0.400. The van der Waals surface area contributed by atoms with Crippen LogP contribution in [0, 0.1) is 6.92 Å². The summed E-state index contributed by atoms with van der Waals surface area (Å²) in [5.74, 6) is 0.739. The minimum absolute atomic E-state index is 0.0292. The maximum atomic E-state index is 12.5. The number of hydrogen-bond acceptors (Lipinski definition) is 4. The van der Waals surface area contributed by atoms with Crippen molar-refractivity contribution in [3.63, 3.8) is 0 Å². The summed E-state index contributed by atoms with van der Waals surface area (Å²) in [5, 5.41) is 0. The Morgan fingerprint density at radius 2 is 2.29 bits per heavy atom. The molecule has 0 spiro atoms. The molecule has 1 atom stereocenters. The third kappa shape index (κ3) is 2.80. The summed E-state index contributed by atoms with van der Waals surface area (Å²) in [6, 6.07) is 5.55. The fourth-order valence-electron chi connectivity index (χ4n) is 2.51. The molecule has 0 aliphatic carbocycles. The largest absolute Gasteiger partial charge is 0.368 e. The second-order valence-electron chi connectivity index (χ2n) is 5.14. The number of nitrogens with zero attached hydrogens (tertiary/aromatic N) is 4. The Morgan fingerprint density at radius 1 is 1.43 bits per heavy atom. The predicted molar refractivity (Wildman–Crippen MR) is 76.8 cm³/mol. The van der Waals surface area contributed by atoms with Gasteiger partial charge in [-0.2, -0.15) is 0 Å². The van der Waals surface area contributed by atoms with Gasteiger partial charge < -0.3 is 14.2 Å². The van der Waals surface area contributed by atoms with Gasteiger partial charge in [0.05, 0.1) is 18.8 Å². The number of amides is 1. The summed E-state index contributed by atoms with van der Waals surface area (Å²) >= 11 is 0. The van der Waals surface area contributed by atoms with E-state index in [1.807, 2.05) is 47.8 Å². The number of rotatable bonds is 2. The number of hydrogen-bond donors (Lipinski definition) is 0. The molecule has 0 unspecified atom stereocenters. The van der Waals surface area contributed by atoms with Crippen LogP contribution in [0.1, 0.15) is 28.1 Å². The van der Waals surface area contributed by atoms with Crippen molar-refractivity contribution in [2.24, 2.45) is 7.05 Å². The molecule has 110 valence electrons. The van der Waals surface area contributed by atoms with E-state index >= 15 is 0 Å². The molecule has 1 saturated heterocycles. The molecule has 1 amide bonds. The van der Waals surface area contributed by atoms with Gasteiger partial charge in [0.2, 0.25) is 0 Å². The third-order valence-corrected chi connectivity index (χ3v) is 3.64. The van der Waals surface area contributed by atoms with Crippen molar-refractivity contribution in [1.82, 2.24) is 19.4 Å². The quantitative estimate of drug-likeness (QED) is 0.836. The van der Waals surface area contributed by atoms with Crippen molar-refractivity contribution >= 4 is 5.91 Å². The second kappa shape index (κ2) is 5.65. The van der Waals surface area contributed by atoms with Crippen LogP contribution in [0.25, 0.3) is 0 Å². The number of ether oxygens (including phenoxy) is 1. The van der Waals surface area contributed by atoms with Crippen LogP contribution in [-0.4, -0.2) is 45.0 Å². The molecule has 2 aromatic rings. The zero-order valence-electron chi connectivity index (χ0n) is 12.2. The Bertz CT molecular complexity index is 653. The highest BCUT2D eigenvalue weighted by Gasteiger charge is 2.27. The molecule has 1 aliphatic rings. The van der Waals surface area contributed by atoms with E-state index in [0.29, 0.717) is 31.2 Å². The summed E-state index contributed by atoms with van der Waals surface area (Å²) in [7, 11) is 1.87. The van der Waals surface area contributed by atoms with Crippen LogP contribution >= 0.6 is 0 Å². The molecule has 3 rings (SSSR count). The van der Waals surface area contributed by atoms with Crippen molar-refractivity contribution in [1.29, 1.82) is 0 Å². The first-order valence-corrected chi connectivity index (χ1v) is 6.97. The second-order valence-corrected chi connectivity index (χ2v) is 5.14. The van der Waals surface area contributed by atoms with Gasteiger partial charge in [0.1, 0.15) is 17.6 Å². The van der Waals surface area contributed by atoms with Gasteiger partial charge in [-0.15, -0.1) is 0 Å². The minimum atomic E-state index is -0.190. The molecule has 0 aromatic carbocycles. The van der Waals surface area contributed by atoms with E-state index in [1.165, 1.54) is 0 Å². The summed E-state index contributed by atoms with van der Waals surface area (Å²) in [5.41, 5.74) is 1.52. The average Bonchev–Trinajstić information content (AvgIpc) is 2.93. The lowest BCUT2D eigenvalue weighted by Gasteiger charge is -2.32. The monoisotopic (exact) mass is 286 g/mol. The van der Waals surface area contributed by atoms with Gasteiger partial charge >= 0.3 is 0 Å². The Balaban J connectivity index is 1.77. The van der Waals surface area contributed by atoms with Gasteiger partial charge in [-0.1, -0.05) is 0 Å². The van der Waals surface area contributed by atoms with Gasteiger partial charge in [-0.05, 0) is 25.1 Å². The van der Waals surface area contributed by atoms with Gasteiger partial charge in [-0.3, -0.25) is 4.79 Å². The van der Waals surface area contributed by atoms with Gasteiger partial charge in [0, 0.05) is 26.0 Å². The SMILES string of the molecule is Cc1nccc([C@@H]2CN(C(=O)c3cccn3C)CCO2)n1. The Morgan fingerprint density at radius 3 is 3.00 bits per heavy atom. The molecule has 21 heavy (non-hydrogen) atoms. The van der Waals surface area contributed by atoms with E-state index in [0.717, 1.165) is 5.69 Å². The van der Waals surface area contributed by atoms with E-state index in [9.17, 15) is 4.79 Å². The van der Waals surface area contributed by atoms with Crippen molar-refractivity contribution < 1.29 is 9.53 Å². The van der Waals surface area contributed by atoms with Crippen LogP contribution in [0.4, 0.5) is 0 Å². The smallest absolute Gasteiger partial charge is 0.270 e. The molecule has 1 aliphatic heterocycles. The van der Waals surface area contributed by atoms with Crippen LogP contribution in [0.15, 0.2) is 30.6 Å². The van der Waals surface area contributed by atoms with Gasteiger partial charge in [0.15, 0.2) is 0 Å². The lowest BCUT2D eigenvalue weighted by atomic mass is 10.2. The molecule has 3 heterocycles. The highest BCUT2D eigenvalue weighted by molar-refractivity contribution is 5.92. The van der Waals surface area contributed by atoms with Crippen molar-refractivity contribution in [3.8, 4) is 0 Å². The maximum absolute atomic E-state index is 12.5. The first-order valence-electron chi connectivity index (χ1n) is 6.97.